The van der Waals surface area contributed by atoms with Crippen LogP contribution in [0.5, 0.6) is 5.88 Å². The lowest BCUT2D eigenvalue weighted by molar-refractivity contribution is 0.104. The van der Waals surface area contributed by atoms with Gasteiger partial charge in [0.2, 0.25) is 16.6 Å². The van der Waals surface area contributed by atoms with Gasteiger partial charge in [-0.3, -0.25) is 4.79 Å². The van der Waals surface area contributed by atoms with Crippen LogP contribution in [0, 0.1) is 11.8 Å². The first-order valence-corrected chi connectivity index (χ1v) is 10.9. The van der Waals surface area contributed by atoms with Crippen molar-refractivity contribution in [2.75, 3.05) is 11.8 Å². The molecule has 0 saturated carbocycles. The maximum absolute atomic E-state index is 13.0. The molecule has 2 aromatic carbocycles. The van der Waals surface area contributed by atoms with Crippen LogP contribution in [0.1, 0.15) is 27.0 Å². The number of ketones is 1. The van der Waals surface area contributed by atoms with Gasteiger partial charge in [0.15, 0.2) is 0 Å². The quantitative estimate of drug-likeness (QED) is 0.358. The fourth-order valence-corrected chi connectivity index (χ4v) is 4.27. The number of methoxy groups -OCH3 is 1. The molecule has 0 bridgehead atoms. The molecular weight excluding hydrogens is 432 g/mol. The van der Waals surface area contributed by atoms with Gasteiger partial charge in [-0.2, -0.15) is 0 Å². The number of benzene rings is 2. The monoisotopic (exact) mass is 448 g/mol. The van der Waals surface area contributed by atoms with Crippen LogP contribution in [0.3, 0.4) is 0 Å². The number of nitrogens with zero attached hydrogens (tertiary/aromatic N) is 1. The molecule has 0 fully saturated rings. The molecule has 4 rings (SSSR count). The smallest absolute Gasteiger partial charge is 0.245 e. The number of halogens is 1. The predicted octanol–water partition coefficient (Wildman–Crippen LogP) is 4.65. The van der Waals surface area contributed by atoms with Crippen molar-refractivity contribution in [3.05, 3.63) is 93.0 Å². The van der Waals surface area contributed by atoms with Gasteiger partial charge in [-0.25, -0.2) is 9.71 Å². The number of carbonyl (C=O) groups is 1. The molecule has 1 aromatic heterocycles. The fraction of sp³-hybridized carbons (Fsp3) is 0.0833. The van der Waals surface area contributed by atoms with Gasteiger partial charge in [-0.1, -0.05) is 35.6 Å². The van der Waals surface area contributed by atoms with Crippen LogP contribution in [-0.4, -0.2) is 22.4 Å². The second-order valence-electron chi connectivity index (χ2n) is 6.71. The van der Waals surface area contributed by atoms with E-state index in [1.807, 2.05) is 12.1 Å². The second kappa shape index (κ2) is 9.27. The highest BCUT2D eigenvalue weighted by Crippen LogP contribution is 2.31. The minimum absolute atomic E-state index is 0.170. The number of allylic oxidation sites excluding steroid dienone is 1. The summed E-state index contributed by atoms with van der Waals surface area (Å²) in [6.45, 7) is 0. The first kappa shape index (κ1) is 21.0. The number of aromatic nitrogens is 1. The lowest BCUT2D eigenvalue weighted by Gasteiger charge is -2.21. The minimum atomic E-state index is -1.65. The molecule has 1 aliphatic heterocycles. The Morgan fingerprint density at radius 1 is 1.23 bits per heavy atom. The molecule has 0 radical (unpaired) electrons. The van der Waals surface area contributed by atoms with Gasteiger partial charge in [0.1, 0.15) is 11.4 Å². The van der Waals surface area contributed by atoms with Crippen molar-refractivity contribution in [1.29, 1.82) is 0 Å². The Morgan fingerprint density at radius 2 is 2.10 bits per heavy atom. The van der Waals surface area contributed by atoms with Crippen LogP contribution in [0.15, 0.2) is 65.7 Å². The van der Waals surface area contributed by atoms with E-state index in [1.165, 1.54) is 0 Å². The van der Waals surface area contributed by atoms with Crippen molar-refractivity contribution in [1.82, 2.24) is 4.98 Å². The van der Waals surface area contributed by atoms with E-state index in [0.29, 0.717) is 39.7 Å². The fourth-order valence-electron chi connectivity index (χ4n) is 3.06. The molecule has 2 heterocycles. The molecule has 1 N–H and O–H groups in total. The number of rotatable bonds is 3. The maximum Gasteiger partial charge on any atom is 0.245 e. The SMILES string of the molecule is COc1cc(CC#Cc2ccc3c(c2)C(=O)/C(=C/c2cccc(Cl)c2)[S+]([O-])N3)ccn1. The van der Waals surface area contributed by atoms with Crippen LogP contribution < -0.4 is 9.46 Å². The normalized spacial score (nSPS) is 16.2. The number of Topliss-reactive ketones (excluding diaryl/α,β-unsaturated/α-hetero) is 1. The summed E-state index contributed by atoms with van der Waals surface area (Å²) in [5.41, 5.74) is 3.35. The largest absolute Gasteiger partial charge is 0.588 e. The number of nitrogens with one attached hydrogen (secondary N) is 1. The highest BCUT2D eigenvalue weighted by atomic mass is 35.5. The molecule has 1 aliphatic rings. The molecule has 1 unspecified atom stereocenters. The molecule has 0 amide bonds. The third kappa shape index (κ3) is 4.92. The van der Waals surface area contributed by atoms with Gasteiger partial charge in [-0.15, -0.1) is 0 Å². The van der Waals surface area contributed by atoms with Gasteiger partial charge in [0.05, 0.1) is 18.4 Å². The van der Waals surface area contributed by atoms with Gasteiger partial charge in [-0.05, 0) is 47.5 Å². The zero-order chi connectivity index (χ0) is 21.8. The van der Waals surface area contributed by atoms with E-state index in [1.54, 1.807) is 61.8 Å². The summed E-state index contributed by atoms with van der Waals surface area (Å²) in [5.74, 6) is 6.43. The summed E-state index contributed by atoms with van der Waals surface area (Å²) < 4.78 is 20.6. The first-order chi connectivity index (χ1) is 15.0. The first-order valence-electron chi connectivity index (χ1n) is 9.36. The summed E-state index contributed by atoms with van der Waals surface area (Å²) in [4.78, 5) is 17.3. The van der Waals surface area contributed by atoms with Gasteiger partial charge in [0, 0.05) is 35.3 Å². The Kier molecular flexibility index (Phi) is 6.28. The molecule has 154 valence electrons. The van der Waals surface area contributed by atoms with Crippen LogP contribution in [0.4, 0.5) is 5.69 Å². The summed E-state index contributed by atoms with van der Waals surface area (Å²) in [5, 5.41) is 0.543. The number of fused-ring (bicyclic) bond motifs is 1. The van der Waals surface area contributed by atoms with Crippen molar-refractivity contribution in [3.8, 4) is 17.7 Å². The third-order valence-corrected chi connectivity index (χ3v) is 5.91. The molecule has 3 aromatic rings. The van der Waals surface area contributed by atoms with E-state index in [-0.39, 0.29) is 10.7 Å². The zero-order valence-corrected chi connectivity index (χ0v) is 18.1. The Hall–Kier alpha value is -3.24. The average molecular weight is 449 g/mol. The van der Waals surface area contributed by atoms with E-state index in [0.717, 1.165) is 5.56 Å². The number of carbonyl (C=O) groups excluding carboxylic acids is 1. The Bertz CT molecular complexity index is 1250. The molecule has 5 nitrogen and oxygen atoms in total. The molecule has 0 spiro atoms. The van der Waals surface area contributed by atoms with Gasteiger partial charge < -0.3 is 9.29 Å². The molecule has 31 heavy (non-hydrogen) atoms. The van der Waals surface area contributed by atoms with Gasteiger partial charge >= 0.3 is 0 Å². The van der Waals surface area contributed by atoms with E-state index in [2.05, 4.69) is 21.5 Å². The second-order valence-corrected chi connectivity index (χ2v) is 8.33. The molecule has 0 saturated heterocycles. The number of pyridine rings is 1. The highest BCUT2D eigenvalue weighted by molar-refractivity contribution is 7.97. The maximum atomic E-state index is 13.0. The molecular formula is C24H17ClN2O3S. The Labute approximate surface area is 188 Å². The number of hydrogen-bond acceptors (Lipinski definition) is 5. The molecule has 1 atom stereocenters. The van der Waals surface area contributed by atoms with Crippen molar-refractivity contribution < 1.29 is 14.1 Å². The molecule has 7 heteroatoms. The van der Waals surface area contributed by atoms with Crippen LogP contribution in [0.25, 0.3) is 6.08 Å². The topological polar surface area (TPSA) is 74.3 Å². The van der Waals surface area contributed by atoms with Crippen LogP contribution in [0.2, 0.25) is 5.02 Å². The van der Waals surface area contributed by atoms with E-state index < -0.39 is 11.4 Å². The summed E-state index contributed by atoms with van der Waals surface area (Å²) in [6.07, 6.45) is 3.79. The lowest BCUT2D eigenvalue weighted by Crippen LogP contribution is -2.27. The van der Waals surface area contributed by atoms with Crippen LogP contribution >= 0.6 is 11.6 Å². The third-order valence-electron chi connectivity index (χ3n) is 4.57. The highest BCUT2D eigenvalue weighted by Gasteiger charge is 2.33. The average Bonchev–Trinajstić information content (AvgIpc) is 2.77. The van der Waals surface area contributed by atoms with Crippen molar-refractivity contribution >= 4 is 40.5 Å². The Balaban J connectivity index is 1.59. The summed E-state index contributed by atoms with van der Waals surface area (Å²) >= 11 is 4.36. The predicted molar refractivity (Wildman–Crippen MR) is 123 cm³/mol. The standard InChI is InChI=1S/C24H17ClN2O3S/c1-30-23-15-17(10-11-26-23)5-2-4-16-8-9-21-20(13-16)24(28)22(31(29)27-21)14-18-6-3-7-19(25)12-18/h3,6-15,27H,5H2,1H3/b22-14-. The van der Waals surface area contributed by atoms with Crippen molar-refractivity contribution in [3.63, 3.8) is 0 Å². The molecule has 0 aliphatic carbocycles. The van der Waals surface area contributed by atoms with Gasteiger partial charge in [0.25, 0.3) is 0 Å². The number of anilines is 1. The zero-order valence-electron chi connectivity index (χ0n) is 16.5. The summed E-state index contributed by atoms with van der Waals surface area (Å²) in [7, 11) is 1.57. The van der Waals surface area contributed by atoms with E-state index in [4.69, 9.17) is 16.3 Å². The minimum Gasteiger partial charge on any atom is -0.588 e. The lowest BCUT2D eigenvalue weighted by atomic mass is 10.0. The van der Waals surface area contributed by atoms with Crippen LogP contribution in [-0.2, 0) is 17.8 Å². The summed E-state index contributed by atoms with van der Waals surface area (Å²) in [6, 6.07) is 16.0. The Morgan fingerprint density at radius 3 is 2.90 bits per heavy atom. The van der Waals surface area contributed by atoms with E-state index >= 15 is 0 Å². The van der Waals surface area contributed by atoms with Crippen molar-refractivity contribution in [2.24, 2.45) is 0 Å². The number of hydrogen-bond donors (Lipinski definition) is 1. The van der Waals surface area contributed by atoms with Crippen molar-refractivity contribution in [2.45, 2.75) is 6.42 Å². The van der Waals surface area contributed by atoms with E-state index in [9.17, 15) is 9.35 Å². The number of ether oxygens (including phenoxy) is 1.